The van der Waals surface area contributed by atoms with Crippen molar-refractivity contribution in [3.63, 3.8) is 0 Å². The Morgan fingerprint density at radius 2 is 2.27 bits per heavy atom. The predicted octanol–water partition coefficient (Wildman–Crippen LogP) is 2.64. The lowest BCUT2D eigenvalue weighted by molar-refractivity contribution is -0.147. The maximum absolute atomic E-state index is 12.4. The van der Waals surface area contributed by atoms with Gasteiger partial charge in [-0.05, 0) is 49.7 Å². The van der Waals surface area contributed by atoms with E-state index >= 15 is 0 Å². The Labute approximate surface area is 157 Å². The summed E-state index contributed by atoms with van der Waals surface area (Å²) in [6.45, 7) is 2.67. The van der Waals surface area contributed by atoms with E-state index in [1.54, 1.807) is 0 Å². The van der Waals surface area contributed by atoms with Crippen molar-refractivity contribution in [1.82, 2.24) is 9.88 Å². The van der Waals surface area contributed by atoms with E-state index in [1.165, 1.54) is 16.7 Å². The van der Waals surface area contributed by atoms with Gasteiger partial charge in [0.1, 0.15) is 17.1 Å². The van der Waals surface area contributed by atoms with Crippen LogP contribution in [-0.2, 0) is 22.4 Å². The van der Waals surface area contributed by atoms with Crippen LogP contribution in [0.3, 0.4) is 0 Å². The molecule has 1 aliphatic heterocycles. The van der Waals surface area contributed by atoms with Gasteiger partial charge in [-0.15, -0.1) is 0 Å². The highest BCUT2D eigenvalue weighted by molar-refractivity contribution is 8.00. The van der Waals surface area contributed by atoms with Crippen molar-refractivity contribution in [1.29, 1.82) is 5.26 Å². The molecule has 7 heteroatoms. The monoisotopic (exact) mass is 373 g/mol. The van der Waals surface area contributed by atoms with E-state index in [0.29, 0.717) is 35.9 Å². The molecule has 0 aromatic carbocycles. The zero-order valence-electron chi connectivity index (χ0n) is 14.9. The number of carboxylic acid groups (broad SMARTS) is 1. The molecule has 138 valence electrons. The predicted molar refractivity (Wildman–Crippen MR) is 97.9 cm³/mol. The van der Waals surface area contributed by atoms with Crippen molar-refractivity contribution in [2.75, 3.05) is 12.3 Å². The van der Waals surface area contributed by atoms with Gasteiger partial charge >= 0.3 is 5.97 Å². The SMILES string of the molecule is CC[C@H]1CCc2nc(SCC(=O)N3CCC[C@H]3C(=O)O)c(C#N)cc2C1. The number of nitrogens with zero attached hydrogens (tertiary/aromatic N) is 3. The summed E-state index contributed by atoms with van der Waals surface area (Å²) < 4.78 is 0. The van der Waals surface area contributed by atoms with Gasteiger partial charge in [0.05, 0.1) is 11.3 Å². The highest BCUT2D eigenvalue weighted by atomic mass is 32.2. The van der Waals surface area contributed by atoms with Crippen LogP contribution < -0.4 is 0 Å². The number of hydrogen-bond acceptors (Lipinski definition) is 5. The van der Waals surface area contributed by atoms with Crippen molar-refractivity contribution >= 4 is 23.6 Å². The topological polar surface area (TPSA) is 94.3 Å². The first-order chi connectivity index (χ1) is 12.5. The number of carboxylic acids is 1. The number of aliphatic carboxylic acids is 1. The average Bonchev–Trinajstić information content (AvgIpc) is 3.15. The summed E-state index contributed by atoms with van der Waals surface area (Å²) in [6.07, 6.45) is 5.34. The fourth-order valence-electron chi connectivity index (χ4n) is 3.79. The molecule has 0 bridgehead atoms. The van der Waals surface area contributed by atoms with Crippen LogP contribution in [0.5, 0.6) is 0 Å². The number of rotatable bonds is 5. The highest BCUT2D eigenvalue weighted by Gasteiger charge is 2.33. The lowest BCUT2D eigenvalue weighted by Crippen LogP contribution is -2.41. The largest absolute Gasteiger partial charge is 0.480 e. The van der Waals surface area contributed by atoms with Crippen LogP contribution in [0.4, 0.5) is 0 Å². The number of fused-ring (bicyclic) bond motifs is 1. The molecule has 2 heterocycles. The molecule has 0 radical (unpaired) electrons. The van der Waals surface area contributed by atoms with Crippen LogP contribution in [-0.4, -0.2) is 45.2 Å². The molecule has 26 heavy (non-hydrogen) atoms. The molecule has 2 aliphatic rings. The summed E-state index contributed by atoms with van der Waals surface area (Å²) in [5, 5.41) is 19.3. The van der Waals surface area contributed by atoms with Gasteiger partial charge in [0, 0.05) is 12.2 Å². The number of thioether (sulfide) groups is 1. The highest BCUT2D eigenvalue weighted by Crippen LogP contribution is 2.31. The molecule has 3 rings (SSSR count). The Kier molecular flexibility index (Phi) is 5.82. The minimum Gasteiger partial charge on any atom is -0.480 e. The fourth-order valence-corrected chi connectivity index (χ4v) is 4.66. The smallest absolute Gasteiger partial charge is 0.326 e. The number of likely N-dealkylation sites (tertiary alicyclic amines) is 1. The number of aryl methyl sites for hydroxylation is 1. The number of amides is 1. The van der Waals surface area contributed by atoms with Gasteiger partial charge in [-0.1, -0.05) is 25.1 Å². The second-order valence-electron chi connectivity index (χ2n) is 6.95. The molecule has 1 N–H and O–H groups in total. The van der Waals surface area contributed by atoms with Gasteiger partial charge in [-0.3, -0.25) is 4.79 Å². The molecule has 0 spiro atoms. The number of carbonyl (C=O) groups is 2. The third-order valence-electron chi connectivity index (χ3n) is 5.34. The fraction of sp³-hybridized carbons (Fsp3) is 0.579. The second kappa shape index (κ2) is 8.09. The number of nitriles is 1. The quantitative estimate of drug-likeness (QED) is 0.798. The third-order valence-corrected chi connectivity index (χ3v) is 6.32. The number of carbonyl (C=O) groups excluding carboxylic acids is 1. The molecular formula is C19H23N3O3S. The van der Waals surface area contributed by atoms with E-state index in [-0.39, 0.29) is 11.7 Å². The first-order valence-electron chi connectivity index (χ1n) is 9.11. The van der Waals surface area contributed by atoms with Crippen LogP contribution in [0.2, 0.25) is 0 Å². The maximum Gasteiger partial charge on any atom is 0.326 e. The first kappa shape index (κ1) is 18.7. The van der Waals surface area contributed by atoms with Gasteiger partial charge in [0.25, 0.3) is 0 Å². The molecule has 1 aliphatic carbocycles. The van der Waals surface area contributed by atoms with Crippen molar-refractivity contribution in [2.45, 2.75) is 56.5 Å². The Bertz CT molecular complexity index is 759. The van der Waals surface area contributed by atoms with Gasteiger partial charge < -0.3 is 10.0 Å². The summed E-state index contributed by atoms with van der Waals surface area (Å²) >= 11 is 1.24. The Balaban J connectivity index is 1.71. The summed E-state index contributed by atoms with van der Waals surface area (Å²) in [5.41, 5.74) is 2.70. The van der Waals surface area contributed by atoms with E-state index < -0.39 is 12.0 Å². The molecule has 2 atom stereocenters. The van der Waals surface area contributed by atoms with Crippen LogP contribution in [0.25, 0.3) is 0 Å². The lowest BCUT2D eigenvalue weighted by Gasteiger charge is -2.24. The molecule has 1 saturated heterocycles. The minimum absolute atomic E-state index is 0.113. The Morgan fingerprint density at radius 1 is 1.46 bits per heavy atom. The maximum atomic E-state index is 12.4. The molecule has 6 nitrogen and oxygen atoms in total. The van der Waals surface area contributed by atoms with Crippen LogP contribution in [0.1, 0.15) is 49.4 Å². The molecule has 0 unspecified atom stereocenters. The summed E-state index contributed by atoms with van der Waals surface area (Å²) in [5.74, 6) is -0.383. The van der Waals surface area contributed by atoms with E-state index in [4.69, 9.17) is 0 Å². The standard InChI is InChI=1S/C19H23N3O3S/c1-2-12-5-6-15-13(8-12)9-14(10-20)18(21-15)26-11-17(23)22-7-3-4-16(22)19(24)25/h9,12,16H,2-8,11H2,1H3,(H,24,25)/t12-,16-/m0/s1. The Morgan fingerprint density at radius 3 is 2.96 bits per heavy atom. The van der Waals surface area contributed by atoms with Gasteiger partial charge in [0.15, 0.2) is 0 Å². The van der Waals surface area contributed by atoms with Gasteiger partial charge in [0.2, 0.25) is 5.91 Å². The van der Waals surface area contributed by atoms with Crippen LogP contribution in [0.15, 0.2) is 11.1 Å². The van der Waals surface area contributed by atoms with E-state index in [1.807, 2.05) is 6.07 Å². The summed E-state index contributed by atoms with van der Waals surface area (Å²) in [7, 11) is 0. The molecule has 1 aromatic heterocycles. The van der Waals surface area contributed by atoms with Crippen molar-refractivity contribution in [3.05, 3.63) is 22.9 Å². The molecule has 1 amide bonds. The number of aromatic nitrogens is 1. The second-order valence-corrected chi connectivity index (χ2v) is 7.91. The molecular weight excluding hydrogens is 350 g/mol. The summed E-state index contributed by atoms with van der Waals surface area (Å²) in [4.78, 5) is 29.8. The van der Waals surface area contributed by atoms with E-state index in [2.05, 4.69) is 18.0 Å². The van der Waals surface area contributed by atoms with Crippen LogP contribution in [0, 0.1) is 17.2 Å². The number of hydrogen-bond donors (Lipinski definition) is 1. The molecule has 1 fully saturated rings. The van der Waals surface area contributed by atoms with Gasteiger partial charge in [-0.25, -0.2) is 9.78 Å². The van der Waals surface area contributed by atoms with E-state index in [0.717, 1.165) is 36.9 Å². The first-order valence-corrected chi connectivity index (χ1v) is 10.1. The van der Waals surface area contributed by atoms with Crippen molar-refractivity contribution < 1.29 is 14.7 Å². The lowest BCUT2D eigenvalue weighted by atomic mass is 9.85. The van der Waals surface area contributed by atoms with E-state index in [9.17, 15) is 20.0 Å². The zero-order valence-corrected chi connectivity index (χ0v) is 15.7. The van der Waals surface area contributed by atoms with Crippen LogP contribution >= 0.6 is 11.8 Å². The molecule has 0 saturated carbocycles. The van der Waals surface area contributed by atoms with Crippen molar-refractivity contribution in [2.24, 2.45) is 5.92 Å². The summed E-state index contributed by atoms with van der Waals surface area (Å²) in [6, 6.07) is 3.40. The van der Waals surface area contributed by atoms with Crippen molar-refractivity contribution in [3.8, 4) is 6.07 Å². The normalized spacial score (nSPS) is 21.9. The average molecular weight is 373 g/mol. The zero-order chi connectivity index (χ0) is 18.7. The Hall–Kier alpha value is -2.07. The number of pyridine rings is 1. The minimum atomic E-state index is -0.948. The molecule has 1 aromatic rings. The third kappa shape index (κ3) is 3.85. The van der Waals surface area contributed by atoms with Gasteiger partial charge in [-0.2, -0.15) is 5.26 Å².